The number of rotatable bonds is 7. The lowest BCUT2D eigenvalue weighted by molar-refractivity contribution is -0.136. The zero-order valence-electron chi connectivity index (χ0n) is 19.9. The van der Waals surface area contributed by atoms with Gasteiger partial charge in [0.25, 0.3) is 5.91 Å². The van der Waals surface area contributed by atoms with Gasteiger partial charge in [-0.25, -0.2) is 9.78 Å². The molecule has 14 heteroatoms. The first-order chi connectivity index (χ1) is 17.4. The molecule has 0 aliphatic rings. The standard InChI is InChI=1S/C23H23F3N6O4S/c1-11-4-5-12(8-15(11)28-21(35)36-7-6-33)31-22(2,3)19(34)30-20-29-17-14(23(24,25)26)9-16-13(10-27-32-16)18(17)37-20/h4-5,8-10,31,33H,6-7H2,1-3H3,(H,27,32)(H,28,35)(H,29,30,34). The summed E-state index contributed by atoms with van der Waals surface area (Å²) in [6, 6.07) is 5.98. The van der Waals surface area contributed by atoms with Crippen LogP contribution >= 0.6 is 11.3 Å². The van der Waals surface area contributed by atoms with E-state index < -0.39 is 29.3 Å². The Morgan fingerprint density at radius 3 is 2.65 bits per heavy atom. The second kappa shape index (κ2) is 9.86. The van der Waals surface area contributed by atoms with E-state index in [4.69, 9.17) is 9.84 Å². The Bertz CT molecular complexity index is 1480. The first-order valence-corrected chi connectivity index (χ1v) is 11.8. The Morgan fingerprint density at radius 1 is 1.19 bits per heavy atom. The van der Waals surface area contributed by atoms with Gasteiger partial charge in [-0.3, -0.25) is 20.5 Å². The predicted molar refractivity (Wildman–Crippen MR) is 134 cm³/mol. The molecule has 0 spiro atoms. The number of nitrogens with one attached hydrogen (secondary N) is 4. The van der Waals surface area contributed by atoms with E-state index in [0.717, 1.165) is 23.0 Å². The lowest BCUT2D eigenvalue weighted by Crippen LogP contribution is -2.44. The minimum absolute atomic E-state index is 0.00645. The number of H-pyrrole nitrogens is 1. The summed E-state index contributed by atoms with van der Waals surface area (Å²) in [5.41, 5.74) is -0.548. The number of fused-ring (bicyclic) bond motifs is 3. The van der Waals surface area contributed by atoms with Crippen molar-refractivity contribution in [1.82, 2.24) is 15.2 Å². The number of carbonyl (C=O) groups excluding carboxylic acids is 2. The maximum Gasteiger partial charge on any atom is 0.418 e. The molecule has 0 saturated heterocycles. The summed E-state index contributed by atoms with van der Waals surface area (Å²) >= 11 is 0.920. The number of aliphatic hydroxyl groups excluding tert-OH is 1. The molecule has 0 saturated carbocycles. The van der Waals surface area contributed by atoms with Gasteiger partial charge in [0.2, 0.25) is 0 Å². The number of anilines is 3. The lowest BCUT2D eigenvalue weighted by Gasteiger charge is -2.26. The van der Waals surface area contributed by atoms with Crippen LogP contribution in [-0.2, 0) is 15.7 Å². The zero-order valence-corrected chi connectivity index (χ0v) is 20.7. The Balaban J connectivity index is 1.55. The molecule has 5 N–H and O–H groups in total. The lowest BCUT2D eigenvalue weighted by atomic mass is 10.0. The third-order valence-electron chi connectivity index (χ3n) is 5.43. The summed E-state index contributed by atoms with van der Waals surface area (Å²) in [6.07, 6.45) is -3.97. The molecule has 4 rings (SSSR count). The summed E-state index contributed by atoms with van der Waals surface area (Å²) < 4.78 is 46.0. The number of aryl methyl sites for hydroxylation is 1. The van der Waals surface area contributed by atoms with Crippen LogP contribution in [0.5, 0.6) is 0 Å². The zero-order chi connectivity index (χ0) is 27.0. The predicted octanol–water partition coefficient (Wildman–Crippen LogP) is 4.87. The number of aromatic nitrogens is 3. The molecule has 4 aromatic rings. The molecule has 2 aromatic carbocycles. The molecule has 37 heavy (non-hydrogen) atoms. The fraction of sp³-hybridized carbons (Fsp3) is 0.304. The van der Waals surface area contributed by atoms with Gasteiger partial charge in [-0.15, -0.1) is 0 Å². The van der Waals surface area contributed by atoms with Crippen molar-refractivity contribution in [3.8, 4) is 0 Å². The SMILES string of the molecule is Cc1ccc(NC(C)(C)C(=O)Nc2nc3c(C(F)(F)F)cc4[nH]ncc4c3s2)cc1NC(=O)OCCO. The summed E-state index contributed by atoms with van der Waals surface area (Å²) in [6.45, 7) is 4.48. The largest absolute Gasteiger partial charge is 0.447 e. The summed E-state index contributed by atoms with van der Waals surface area (Å²) in [5.74, 6) is -0.541. The van der Waals surface area contributed by atoms with Gasteiger partial charge in [-0.05, 0) is 44.5 Å². The van der Waals surface area contributed by atoms with Gasteiger partial charge in [-0.1, -0.05) is 17.4 Å². The maximum absolute atomic E-state index is 13.6. The number of aromatic amines is 1. The van der Waals surface area contributed by atoms with Crippen LogP contribution in [0, 0.1) is 6.92 Å². The highest BCUT2D eigenvalue weighted by atomic mass is 32.1. The molecule has 0 bridgehead atoms. The van der Waals surface area contributed by atoms with Crippen molar-refractivity contribution in [3.63, 3.8) is 0 Å². The number of ether oxygens (including phenoxy) is 1. The summed E-state index contributed by atoms with van der Waals surface area (Å²) in [4.78, 5) is 29.0. The molecule has 2 amide bonds. The number of halogens is 3. The molecule has 0 unspecified atom stereocenters. The van der Waals surface area contributed by atoms with Crippen LogP contribution in [0.3, 0.4) is 0 Å². The van der Waals surface area contributed by atoms with Crippen LogP contribution in [0.1, 0.15) is 25.0 Å². The van der Waals surface area contributed by atoms with Crippen LogP contribution < -0.4 is 16.0 Å². The molecule has 2 aromatic heterocycles. The number of alkyl halides is 3. The minimum Gasteiger partial charge on any atom is -0.447 e. The van der Waals surface area contributed by atoms with Gasteiger partial charge in [0, 0.05) is 16.8 Å². The van der Waals surface area contributed by atoms with Crippen LogP contribution in [-0.4, -0.2) is 51.0 Å². The van der Waals surface area contributed by atoms with Crippen molar-refractivity contribution in [3.05, 3.63) is 41.6 Å². The van der Waals surface area contributed by atoms with Crippen molar-refractivity contribution >= 4 is 61.0 Å². The molecule has 0 aliphatic carbocycles. The van der Waals surface area contributed by atoms with Gasteiger partial charge >= 0.3 is 12.3 Å². The molecule has 196 valence electrons. The van der Waals surface area contributed by atoms with Gasteiger partial charge in [0.05, 0.1) is 34.1 Å². The summed E-state index contributed by atoms with van der Waals surface area (Å²) in [7, 11) is 0. The van der Waals surface area contributed by atoms with Gasteiger partial charge in [-0.2, -0.15) is 18.3 Å². The third kappa shape index (κ3) is 5.59. The van der Waals surface area contributed by atoms with Gasteiger partial charge in [0.15, 0.2) is 5.13 Å². The third-order valence-corrected chi connectivity index (χ3v) is 6.44. The van der Waals surface area contributed by atoms with E-state index in [2.05, 4.69) is 31.1 Å². The normalized spacial score (nSPS) is 12.1. The van der Waals surface area contributed by atoms with Crippen LogP contribution in [0.15, 0.2) is 30.5 Å². The molecule has 0 aliphatic heterocycles. The number of amides is 2. The second-order valence-electron chi connectivity index (χ2n) is 8.67. The summed E-state index contributed by atoms with van der Waals surface area (Å²) in [5, 5.41) is 23.8. The topological polar surface area (TPSA) is 141 Å². The van der Waals surface area contributed by atoms with Crippen LogP contribution in [0.2, 0.25) is 0 Å². The van der Waals surface area contributed by atoms with Crippen molar-refractivity contribution in [1.29, 1.82) is 0 Å². The van der Waals surface area contributed by atoms with E-state index in [0.29, 0.717) is 16.8 Å². The molecule has 10 nitrogen and oxygen atoms in total. The van der Waals surface area contributed by atoms with E-state index >= 15 is 0 Å². The number of hydrogen-bond donors (Lipinski definition) is 5. The van der Waals surface area contributed by atoms with Crippen LogP contribution in [0.4, 0.5) is 34.5 Å². The van der Waals surface area contributed by atoms with Gasteiger partial charge in [0.1, 0.15) is 12.1 Å². The molecule has 0 fully saturated rings. The number of benzene rings is 2. The van der Waals surface area contributed by atoms with Crippen molar-refractivity contribution in [2.24, 2.45) is 0 Å². The molecular weight excluding hydrogens is 513 g/mol. The van der Waals surface area contributed by atoms with Crippen molar-refractivity contribution in [2.45, 2.75) is 32.5 Å². The van der Waals surface area contributed by atoms with Crippen molar-refractivity contribution < 1.29 is 32.6 Å². The number of hydrogen-bond acceptors (Lipinski definition) is 8. The van der Waals surface area contributed by atoms with E-state index in [-0.39, 0.29) is 34.1 Å². The monoisotopic (exact) mass is 536 g/mol. The average molecular weight is 537 g/mol. The average Bonchev–Trinajstić information content (AvgIpc) is 3.44. The Morgan fingerprint density at radius 2 is 1.95 bits per heavy atom. The number of aliphatic hydroxyl groups is 1. The van der Waals surface area contributed by atoms with E-state index in [1.54, 1.807) is 39.0 Å². The molecule has 0 radical (unpaired) electrons. The first kappa shape index (κ1) is 26.2. The Kier molecular flexibility index (Phi) is 6.97. The Labute approximate surface area is 212 Å². The molecule has 2 heterocycles. The fourth-order valence-corrected chi connectivity index (χ4v) is 4.54. The Hall–Kier alpha value is -3.91. The fourth-order valence-electron chi connectivity index (χ4n) is 3.54. The number of nitrogens with zero attached hydrogens (tertiary/aromatic N) is 2. The van der Waals surface area contributed by atoms with E-state index in [9.17, 15) is 22.8 Å². The van der Waals surface area contributed by atoms with Crippen LogP contribution in [0.25, 0.3) is 21.1 Å². The molecular formula is C23H23F3N6O4S. The first-order valence-electron chi connectivity index (χ1n) is 11.0. The highest BCUT2D eigenvalue weighted by Crippen LogP contribution is 2.41. The second-order valence-corrected chi connectivity index (χ2v) is 9.67. The van der Waals surface area contributed by atoms with E-state index in [1.165, 1.54) is 6.20 Å². The highest BCUT2D eigenvalue weighted by Gasteiger charge is 2.36. The smallest absolute Gasteiger partial charge is 0.418 e. The minimum atomic E-state index is -4.64. The molecule has 0 atom stereocenters. The van der Waals surface area contributed by atoms with E-state index in [1.807, 2.05) is 0 Å². The highest BCUT2D eigenvalue weighted by molar-refractivity contribution is 7.23. The van der Waals surface area contributed by atoms with Gasteiger partial charge < -0.3 is 15.2 Å². The van der Waals surface area contributed by atoms with Crippen molar-refractivity contribution in [2.75, 3.05) is 29.2 Å². The maximum atomic E-state index is 13.6. The quantitative estimate of drug-likeness (QED) is 0.227. The number of thiazole rings is 1. The number of carbonyl (C=O) groups is 2.